The molecule has 0 aliphatic heterocycles. The second-order valence-corrected chi connectivity index (χ2v) is 9.28. The first kappa shape index (κ1) is 18.3. The summed E-state index contributed by atoms with van der Waals surface area (Å²) in [5.41, 5.74) is 0.811. The van der Waals surface area contributed by atoms with Crippen LogP contribution in [0.4, 0.5) is 0 Å². The summed E-state index contributed by atoms with van der Waals surface area (Å²) in [7, 11) is -3.57. The van der Waals surface area contributed by atoms with E-state index in [4.69, 9.17) is 0 Å². The summed E-state index contributed by atoms with van der Waals surface area (Å²) in [5.74, 6) is 0. The topological polar surface area (TPSA) is 66.4 Å². The molecular weight excluding hydrogens is 422 g/mol. The van der Waals surface area contributed by atoms with Crippen molar-refractivity contribution in [3.63, 3.8) is 0 Å². The van der Waals surface area contributed by atoms with Gasteiger partial charge in [0.05, 0.1) is 4.90 Å². The Morgan fingerprint density at radius 1 is 1.00 bits per heavy atom. The number of thiophene rings is 1. The molecule has 1 aromatic heterocycles. The minimum atomic E-state index is -3.57. The number of aliphatic hydroxyl groups is 1. The van der Waals surface area contributed by atoms with Crippen molar-refractivity contribution >= 4 is 37.3 Å². The number of aliphatic hydroxyl groups excluding tert-OH is 1. The molecule has 2 aromatic carbocycles. The Hall–Kier alpha value is -1.51. The van der Waals surface area contributed by atoms with Crippen LogP contribution in [0.5, 0.6) is 0 Å². The smallest absolute Gasteiger partial charge is 0.240 e. The summed E-state index contributed by atoms with van der Waals surface area (Å²) in [6, 6.07) is 19.5. The lowest BCUT2D eigenvalue weighted by molar-refractivity contribution is 0.224. The SMILES string of the molecule is O=S(=O)(NCc1ccc([C@@H](O)c2ccccc2)s1)c1ccc(Br)cc1. The number of hydrogen-bond donors (Lipinski definition) is 2. The van der Waals surface area contributed by atoms with Crippen LogP contribution in [-0.4, -0.2) is 13.5 Å². The molecule has 0 spiro atoms. The number of nitrogens with one attached hydrogen (secondary N) is 1. The molecule has 25 heavy (non-hydrogen) atoms. The Balaban J connectivity index is 1.68. The first-order valence-electron chi connectivity index (χ1n) is 7.52. The maximum atomic E-state index is 12.3. The minimum absolute atomic E-state index is 0.185. The zero-order valence-corrected chi connectivity index (χ0v) is 16.3. The molecule has 0 radical (unpaired) electrons. The van der Waals surface area contributed by atoms with Gasteiger partial charge in [0.1, 0.15) is 6.10 Å². The summed E-state index contributed by atoms with van der Waals surface area (Å²) < 4.78 is 28.0. The number of hydrogen-bond acceptors (Lipinski definition) is 4. The summed E-state index contributed by atoms with van der Waals surface area (Å²) >= 11 is 4.68. The van der Waals surface area contributed by atoms with Gasteiger partial charge in [0, 0.05) is 20.8 Å². The lowest BCUT2D eigenvalue weighted by Crippen LogP contribution is -2.22. The van der Waals surface area contributed by atoms with Gasteiger partial charge >= 0.3 is 0 Å². The second-order valence-electron chi connectivity index (χ2n) is 5.40. The second kappa shape index (κ2) is 7.80. The van der Waals surface area contributed by atoms with Gasteiger partial charge < -0.3 is 5.11 Å². The van der Waals surface area contributed by atoms with Gasteiger partial charge in [-0.25, -0.2) is 13.1 Å². The lowest BCUT2D eigenvalue weighted by Gasteiger charge is -2.08. The fourth-order valence-electron chi connectivity index (χ4n) is 2.30. The highest BCUT2D eigenvalue weighted by atomic mass is 79.9. The molecule has 0 saturated carbocycles. The van der Waals surface area contributed by atoms with Gasteiger partial charge in [-0.2, -0.15) is 0 Å². The molecule has 3 rings (SSSR count). The van der Waals surface area contributed by atoms with Crippen LogP contribution in [0.1, 0.15) is 21.4 Å². The van der Waals surface area contributed by atoms with E-state index in [2.05, 4.69) is 20.7 Å². The van der Waals surface area contributed by atoms with Gasteiger partial charge in [-0.05, 0) is 42.0 Å². The maximum absolute atomic E-state index is 12.3. The zero-order chi connectivity index (χ0) is 17.9. The number of rotatable bonds is 6. The monoisotopic (exact) mass is 437 g/mol. The van der Waals surface area contributed by atoms with E-state index in [0.717, 1.165) is 19.8 Å². The normalized spacial score (nSPS) is 12.9. The van der Waals surface area contributed by atoms with E-state index in [1.807, 2.05) is 42.5 Å². The van der Waals surface area contributed by atoms with Crippen LogP contribution in [0.2, 0.25) is 0 Å². The van der Waals surface area contributed by atoms with Gasteiger partial charge in [-0.3, -0.25) is 0 Å². The summed E-state index contributed by atoms with van der Waals surface area (Å²) in [5, 5.41) is 10.4. The highest BCUT2D eigenvalue weighted by Crippen LogP contribution is 2.28. The van der Waals surface area contributed by atoms with Gasteiger partial charge in [0.25, 0.3) is 0 Å². The average Bonchev–Trinajstić information content (AvgIpc) is 3.10. The third-order valence-electron chi connectivity index (χ3n) is 3.63. The van der Waals surface area contributed by atoms with Gasteiger partial charge in [0.2, 0.25) is 10.0 Å². The van der Waals surface area contributed by atoms with E-state index in [-0.39, 0.29) is 11.4 Å². The third kappa shape index (κ3) is 4.56. The van der Waals surface area contributed by atoms with Crippen molar-refractivity contribution in [3.05, 3.63) is 86.5 Å². The van der Waals surface area contributed by atoms with Crippen LogP contribution < -0.4 is 4.72 Å². The number of benzene rings is 2. The van der Waals surface area contributed by atoms with E-state index in [9.17, 15) is 13.5 Å². The molecule has 1 heterocycles. The van der Waals surface area contributed by atoms with Gasteiger partial charge in [-0.1, -0.05) is 46.3 Å². The molecule has 2 N–H and O–H groups in total. The third-order valence-corrected chi connectivity index (χ3v) is 6.71. The van der Waals surface area contributed by atoms with Crippen molar-refractivity contribution in [1.29, 1.82) is 0 Å². The van der Waals surface area contributed by atoms with Crippen molar-refractivity contribution in [2.24, 2.45) is 0 Å². The molecular formula is C18H16BrNO3S2. The van der Waals surface area contributed by atoms with E-state index in [1.165, 1.54) is 11.3 Å². The highest BCUT2D eigenvalue weighted by molar-refractivity contribution is 9.10. The molecule has 0 bridgehead atoms. The molecule has 1 atom stereocenters. The fraction of sp³-hybridized carbons (Fsp3) is 0.111. The summed E-state index contributed by atoms with van der Waals surface area (Å²) in [6.45, 7) is 0.185. The molecule has 0 aliphatic carbocycles. The first-order valence-corrected chi connectivity index (χ1v) is 10.6. The lowest BCUT2D eigenvalue weighted by atomic mass is 10.1. The van der Waals surface area contributed by atoms with Crippen molar-refractivity contribution < 1.29 is 13.5 Å². The Labute approximate surface area is 159 Å². The summed E-state index contributed by atoms with van der Waals surface area (Å²) in [4.78, 5) is 1.84. The Morgan fingerprint density at radius 2 is 1.68 bits per heavy atom. The van der Waals surface area contributed by atoms with E-state index in [0.29, 0.717) is 0 Å². The van der Waals surface area contributed by atoms with Gasteiger partial charge in [0.15, 0.2) is 0 Å². The van der Waals surface area contributed by atoms with Crippen LogP contribution >= 0.6 is 27.3 Å². The zero-order valence-electron chi connectivity index (χ0n) is 13.1. The molecule has 0 amide bonds. The Kier molecular flexibility index (Phi) is 5.71. The molecule has 0 fully saturated rings. The standard InChI is InChI=1S/C18H16BrNO3S2/c19-14-6-9-16(10-7-14)25(22,23)20-12-15-8-11-17(24-15)18(21)13-4-2-1-3-5-13/h1-11,18,20-21H,12H2/t18-/m0/s1. The van der Waals surface area contributed by atoms with Crippen LogP contribution in [0.15, 0.2) is 76.1 Å². The van der Waals surface area contributed by atoms with Crippen LogP contribution in [0.25, 0.3) is 0 Å². The molecule has 130 valence electrons. The molecule has 0 saturated heterocycles. The van der Waals surface area contributed by atoms with Crippen LogP contribution in [0, 0.1) is 0 Å². The summed E-state index contributed by atoms with van der Waals surface area (Å²) in [6.07, 6.45) is -0.706. The van der Waals surface area contributed by atoms with E-state index >= 15 is 0 Å². The van der Waals surface area contributed by atoms with E-state index < -0.39 is 16.1 Å². The maximum Gasteiger partial charge on any atom is 0.240 e. The fourth-order valence-corrected chi connectivity index (χ4v) is 4.63. The average molecular weight is 438 g/mol. The number of halogens is 1. The molecule has 3 aromatic rings. The van der Waals surface area contributed by atoms with Crippen molar-refractivity contribution in [2.45, 2.75) is 17.5 Å². The largest absolute Gasteiger partial charge is 0.383 e. The van der Waals surface area contributed by atoms with Crippen LogP contribution in [0.3, 0.4) is 0 Å². The van der Waals surface area contributed by atoms with Crippen molar-refractivity contribution in [1.82, 2.24) is 4.72 Å². The molecule has 0 aliphatic rings. The van der Waals surface area contributed by atoms with E-state index in [1.54, 1.807) is 24.3 Å². The highest BCUT2D eigenvalue weighted by Gasteiger charge is 2.16. The van der Waals surface area contributed by atoms with Crippen molar-refractivity contribution in [3.8, 4) is 0 Å². The molecule has 4 nitrogen and oxygen atoms in total. The van der Waals surface area contributed by atoms with Crippen LogP contribution in [-0.2, 0) is 16.6 Å². The van der Waals surface area contributed by atoms with Crippen molar-refractivity contribution in [2.75, 3.05) is 0 Å². The number of sulfonamides is 1. The minimum Gasteiger partial charge on any atom is -0.383 e. The quantitative estimate of drug-likeness (QED) is 0.610. The van der Waals surface area contributed by atoms with Gasteiger partial charge in [-0.15, -0.1) is 11.3 Å². The first-order chi connectivity index (χ1) is 12.0. The molecule has 7 heteroatoms. The Bertz CT molecular complexity index is 938. The Morgan fingerprint density at radius 3 is 2.36 bits per heavy atom. The predicted molar refractivity (Wildman–Crippen MR) is 103 cm³/mol. The predicted octanol–water partition coefficient (Wildman–Crippen LogP) is 4.07. The molecule has 0 unspecified atom stereocenters.